The summed E-state index contributed by atoms with van der Waals surface area (Å²) >= 11 is 0. The maximum Gasteiger partial charge on any atom is 0.193 e. The minimum Gasteiger partial charge on any atom is -0.370 e. The fourth-order valence-corrected chi connectivity index (χ4v) is 3.87. The van der Waals surface area contributed by atoms with Gasteiger partial charge in [0.1, 0.15) is 0 Å². The third kappa shape index (κ3) is 5.06. The summed E-state index contributed by atoms with van der Waals surface area (Å²) in [6.07, 6.45) is 5.29. The van der Waals surface area contributed by atoms with Crippen molar-refractivity contribution in [3.05, 3.63) is 47.8 Å². The molecule has 1 aromatic heterocycles. The first-order valence-corrected chi connectivity index (χ1v) is 10.4. The summed E-state index contributed by atoms with van der Waals surface area (Å²) < 4.78 is 1.89. The van der Waals surface area contributed by atoms with Crippen LogP contribution in [0.5, 0.6) is 0 Å². The molecule has 0 aliphatic carbocycles. The summed E-state index contributed by atoms with van der Waals surface area (Å²) in [5.41, 5.74) is 3.91. The van der Waals surface area contributed by atoms with Gasteiger partial charge in [-0.1, -0.05) is 12.1 Å². The molecule has 152 valence electrons. The summed E-state index contributed by atoms with van der Waals surface area (Å²) in [5, 5.41) is 7.81. The lowest BCUT2D eigenvalue weighted by atomic mass is 10.0. The Balaban J connectivity index is 1.61. The maximum absolute atomic E-state index is 4.93. The number of anilines is 1. The number of nitrogens with zero attached hydrogens (tertiary/aromatic N) is 5. The summed E-state index contributed by atoms with van der Waals surface area (Å²) in [7, 11) is 1.98. The monoisotopic (exact) mass is 382 g/mol. The Morgan fingerprint density at radius 1 is 1.36 bits per heavy atom. The quantitative estimate of drug-likeness (QED) is 0.591. The van der Waals surface area contributed by atoms with Crippen LogP contribution in [-0.4, -0.2) is 59.9 Å². The van der Waals surface area contributed by atoms with E-state index in [9.17, 15) is 0 Å². The van der Waals surface area contributed by atoms with Gasteiger partial charge in [0.15, 0.2) is 5.96 Å². The smallest absolute Gasteiger partial charge is 0.193 e. The second-order valence-corrected chi connectivity index (χ2v) is 7.53. The number of likely N-dealkylation sites (N-methyl/N-ethyl adjacent to an activating group) is 1. The molecule has 1 N–H and O–H groups in total. The zero-order valence-corrected chi connectivity index (χ0v) is 17.7. The SMILES string of the molecule is CCNC(=NCCN(CC)c1cccc(C)c1)N1CCC(c2cnn(C)c2)C1. The van der Waals surface area contributed by atoms with Gasteiger partial charge in [0.05, 0.1) is 12.7 Å². The molecule has 6 nitrogen and oxygen atoms in total. The lowest BCUT2D eigenvalue weighted by Gasteiger charge is -2.24. The zero-order chi connectivity index (χ0) is 19.9. The lowest BCUT2D eigenvalue weighted by molar-refractivity contribution is 0.486. The van der Waals surface area contributed by atoms with Crippen molar-refractivity contribution in [3.63, 3.8) is 0 Å². The minimum absolute atomic E-state index is 0.539. The Labute approximate surface area is 169 Å². The number of nitrogens with one attached hydrogen (secondary N) is 1. The molecule has 2 heterocycles. The van der Waals surface area contributed by atoms with Crippen LogP contribution in [0.15, 0.2) is 41.7 Å². The van der Waals surface area contributed by atoms with Gasteiger partial charge in [-0.2, -0.15) is 5.10 Å². The van der Waals surface area contributed by atoms with Crippen LogP contribution in [0.25, 0.3) is 0 Å². The van der Waals surface area contributed by atoms with Gasteiger partial charge in [0, 0.05) is 57.6 Å². The van der Waals surface area contributed by atoms with Gasteiger partial charge in [-0.3, -0.25) is 9.67 Å². The molecule has 28 heavy (non-hydrogen) atoms. The van der Waals surface area contributed by atoms with Crippen LogP contribution in [-0.2, 0) is 7.05 Å². The number of likely N-dealkylation sites (tertiary alicyclic amines) is 1. The van der Waals surface area contributed by atoms with Crippen molar-refractivity contribution in [3.8, 4) is 0 Å². The van der Waals surface area contributed by atoms with E-state index in [0.29, 0.717) is 5.92 Å². The first-order chi connectivity index (χ1) is 13.6. The summed E-state index contributed by atoms with van der Waals surface area (Å²) in [6.45, 7) is 12.1. The van der Waals surface area contributed by atoms with Crippen molar-refractivity contribution in [2.45, 2.75) is 33.1 Å². The lowest BCUT2D eigenvalue weighted by Crippen LogP contribution is -2.40. The van der Waals surface area contributed by atoms with Crippen LogP contribution in [0.3, 0.4) is 0 Å². The van der Waals surface area contributed by atoms with Crippen molar-refractivity contribution in [2.75, 3.05) is 44.2 Å². The second-order valence-electron chi connectivity index (χ2n) is 7.53. The summed E-state index contributed by atoms with van der Waals surface area (Å²) in [6, 6.07) is 8.70. The molecule has 0 saturated carbocycles. The maximum atomic E-state index is 4.93. The molecule has 0 amide bonds. The molecule has 0 bridgehead atoms. The fraction of sp³-hybridized carbons (Fsp3) is 0.545. The minimum atomic E-state index is 0.539. The first kappa shape index (κ1) is 20.2. The van der Waals surface area contributed by atoms with E-state index in [0.717, 1.165) is 51.6 Å². The van der Waals surface area contributed by atoms with Gasteiger partial charge in [0.25, 0.3) is 0 Å². The molecule has 1 aliphatic heterocycles. The Kier molecular flexibility index (Phi) is 6.95. The summed E-state index contributed by atoms with van der Waals surface area (Å²) in [4.78, 5) is 9.72. The molecule has 1 aliphatic rings. The van der Waals surface area contributed by atoms with E-state index in [1.165, 1.54) is 16.8 Å². The van der Waals surface area contributed by atoms with E-state index in [2.05, 4.69) is 71.4 Å². The Hall–Kier alpha value is -2.50. The normalized spacial score (nSPS) is 17.2. The molecule has 2 aromatic rings. The highest BCUT2D eigenvalue weighted by Gasteiger charge is 2.26. The van der Waals surface area contributed by atoms with E-state index < -0.39 is 0 Å². The molecule has 1 atom stereocenters. The van der Waals surface area contributed by atoms with Crippen LogP contribution in [0, 0.1) is 6.92 Å². The summed E-state index contributed by atoms with van der Waals surface area (Å²) in [5.74, 6) is 1.58. The third-order valence-electron chi connectivity index (χ3n) is 5.40. The van der Waals surface area contributed by atoms with Crippen LogP contribution < -0.4 is 10.2 Å². The van der Waals surface area contributed by atoms with Crippen molar-refractivity contribution < 1.29 is 0 Å². The fourth-order valence-electron chi connectivity index (χ4n) is 3.87. The molecule has 0 radical (unpaired) electrons. The molecular formula is C22H34N6. The van der Waals surface area contributed by atoms with Crippen molar-refractivity contribution in [2.24, 2.45) is 12.0 Å². The van der Waals surface area contributed by atoms with Gasteiger partial charge in [0.2, 0.25) is 0 Å². The number of hydrogen-bond acceptors (Lipinski definition) is 3. The Morgan fingerprint density at radius 2 is 2.21 bits per heavy atom. The van der Waals surface area contributed by atoms with Crippen LogP contribution in [0.4, 0.5) is 5.69 Å². The molecule has 1 aromatic carbocycles. The molecule has 3 rings (SSSR count). The van der Waals surface area contributed by atoms with Gasteiger partial charge in [-0.25, -0.2) is 0 Å². The number of guanidine groups is 1. The van der Waals surface area contributed by atoms with Crippen molar-refractivity contribution in [1.29, 1.82) is 0 Å². The molecule has 1 unspecified atom stereocenters. The van der Waals surface area contributed by atoms with E-state index in [-0.39, 0.29) is 0 Å². The number of rotatable bonds is 7. The number of aliphatic imine (C=N–C) groups is 1. The predicted octanol–water partition coefficient (Wildman–Crippen LogP) is 3.01. The van der Waals surface area contributed by atoms with Crippen LogP contribution in [0.2, 0.25) is 0 Å². The highest BCUT2D eigenvalue weighted by Crippen LogP contribution is 2.26. The number of hydrogen-bond donors (Lipinski definition) is 1. The van der Waals surface area contributed by atoms with Crippen LogP contribution >= 0.6 is 0 Å². The molecule has 1 fully saturated rings. The third-order valence-corrected chi connectivity index (χ3v) is 5.40. The van der Waals surface area contributed by atoms with Crippen molar-refractivity contribution in [1.82, 2.24) is 20.0 Å². The highest BCUT2D eigenvalue weighted by atomic mass is 15.3. The standard InChI is InChI=1S/C22H34N6/c1-5-23-22(28-12-10-19(17-28)20-15-25-26(4)16-20)24-11-13-27(6-2)21-9-7-8-18(3)14-21/h7-9,14-16,19H,5-6,10-13,17H2,1-4H3,(H,23,24). The Bertz CT molecular complexity index is 781. The average Bonchev–Trinajstić information content (AvgIpc) is 3.33. The number of benzene rings is 1. The molecule has 6 heteroatoms. The number of aryl methyl sites for hydroxylation is 2. The van der Waals surface area contributed by atoms with Gasteiger partial charge in [-0.05, 0) is 50.5 Å². The molecule has 0 spiro atoms. The van der Waals surface area contributed by atoms with E-state index in [1.807, 2.05) is 17.9 Å². The van der Waals surface area contributed by atoms with Gasteiger partial charge >= 0.3 is 0 Å². The first-order valence-electron chi connectivity index (χ1n) is 10.4. The van der Waals surface area contributed by atoms with E-state index in [1.54, 1.807) is 0 Å². The van der Waals surface area contributed by atoms with Gasteiger partial charge < -0.3 is 15.1 Å². The van der Waals surface area contributed by atoms with E-state index in [4.69, 9.17) is 4.99 Å². The molecule has 1 saturated heterocycles. The average molecular weight is 383 g/mol. The van der Waals surface area contributed by atoms with E-state index >= 15 is 0 Å². The van der Waals surface area contributed by atoms with Crippen LogP contribution in [0.1, 0.15) is 37.3 Å². The Morgan fingerprint density at radius 3 is 2.89 bits per heavy atom. The second kappa shape index (κ2) is 9.62. The van der Waals surface area contributed by atoms with Crippen molar-refractivity contribution >= 4 is 11.6 Å². The molecular weight excluding hydrogens is 348 g/mol. The number of aromatic nitrogens is 2. The van der Waals surface area contributed by atoms with Gasteiger partial charge in [-0.15, -0.1) is 0 Å². The highest BCUT2D eigenvalue weighted by molar-refractivity contribution is 5.80. The topological polar surface area (TPSA) is 48.7 Å². The predicted molar refractivity (Wildman–Crippen MR) is 117 cm³/mol. The largest absolute Gasteiger partial charge is 0.370 e. The zero-order valence-electron chi connectivity index (χ0n) is 17.7.